The van der Waals surface area contributed by atoms with E-state index in [-0.39, 0.29) is 5.82 Å². The summed E-state index contributed by atoms with van der Waals surface area (Å²) in [6.07, 6.45) is 0.997. The van der Waals surface area contributed by atoms with Gasteiger partial charge in [0.05, 0.1) is 24.0 Å². The largest absolute Gasteiger partial charge is 0.389 e. The molecule has 1 unspecified atom stereocenters. The molecule has 1 N–H and O–H groups in total. The smallest absolute Gasteiger partial charge is 0.146 e. The van der Waals surface area contributed by atoms with Crippen LogP contribution in [0, 0.1) is 5.82 Å². The number of hydrogen-bond acceptors (Lipinski definition) is 3. The third kappa shape index (κ3) is 3.09. The van der Waals surface area contributed by atoms with Crippen LogP contribution in [0.2, 0.25) is 0 Å². The van der Waals surface area contributed by atoms with Crippen LogP contribution in [-0.2, 0) is 6.54 Å². The highest BCUT2D eigenvalue weighted by Crippen LogP contribution is 2.29. The number of benzene rings is 1. The highest BCUT2D eigenvalue weighted by molar-refractivity contribution is 5.55. The molecule has 4 heteroatoms. The van der Waals surface area contributed by atoms with Crippen molar-refractivity contribution in [3.05, 3.63) is 59.7 Å². The number of halogens is 1. The standard InChI is InChI=1S/C15H17FN2O/c1-11(19)13-7-5-8-14(16)15(13)18(2)10-12-6-3-4-9-17-12/h3-9,11,19H,10H2,1-2H3. The van der Waals surface area contributed by atoms with E-state index in [1.807, 2.05) is 18.2 Å². The zero-order valence-electron chi connectivity index (χ0n) is 11.0. The molecule has 0 saturated heterocycles. The molecule has 1 heterocycles. The predicted molar refractivity (Wildman–Crippen MR) is 73.4 cm³/mol. The number of nitrogens with zero attached hydrogens (tertiary/aromatic N) is 2. The Labute approximate surface area is 112 Å². The average Bonchev–Trinajstić information content (AvgIpc) is 2.39. The molecule has 1 atom stereocenters. The van der Waals surface area contributed by atoms with Crippen LogP contribution in [0.3, 0.4) is 0 Å². The van der Waals surface area contributed by atoms with E-state index < -0.39 is 6.10 Å². The van der Waals surface area contributed by atoms with E-state index in [0.29, 0.717) is 17.8 Å². The number of rotatable bonds is 4. The van der Waals surface area contributed by atoms with Crippen LogP contribution in [-0.4, -0.2) is 17.1 Å². The van der Waals surface area contributed by atoms with Gasteiger partial charge in [-0.3, -0.25) is 4.98 Å². The summed E-state index contributed by atoms with van der Waals surface area (Å²) in [6.45, 7) is 2.12. The number of aliphatic hydroxyl groups excluding tert-OH is 1. The Balaban J connectivity index is 2.31. The van der Waals surface area contributed by atoms with Gasteiger partial charge in [-0.15, -0.1) is 0 Å². The lowest BCUT2D eigenvalue weighted by molar-refractivity contribution is 0.199. The van der Waals surface area contributed by atoms with Crippen LogP contribution >= 0.6 is 0 Å². The van der Waals surface area contributed by atoms with Crippen molar-refractivity contribution in [2.75, 3.05) is 11.9 Å². The molecule has 0 fully saturated rings. The molecule has 2 aromatic rings. The van der Waals surface area contributed by atoms with Crippen molar-refractivity contribution in [1.29, 1.82) is 0 Å². The minimum Gasteiger partial charge on any atom is -0.389 e. The maximum atomic E-state index is 14.0. The Morgan fingerprint density at radius 1 is 1.26 bits per heavy atom. The van der Waals surface area contributed by atoms with Gasteiger partial charge in [0.15, 0.2) is 0 Å². The molecule has 0 aliphatic heterocycles. The summed E-state index contributed by atoms with van der Waals surface area (Å²) in [4.78, 5) is 5.99. The summed E-state index contributed by atoms with van der Waals surface area (Å²) in [5.74, 6) is -0.336. The second kappa shape index (κ2) is 5.80. The first kappa shape index (κ1) is 13.5. The molecule has 19 heavy (non-hydrogen) atoms. The van der Waals surface area contributed by atoms with Crippen molar-refractivity contribution in [1.82, 2.24) is 4.98 Å². The van der Waals surface area contributed by atoms with Crippen molar-refractivity contribution in [2.45, 2.75) is 19.6 Å². The lowest BCUT2D eigenvalue weighted by Crippen LogP contribution is -2.20. The van der Waals surface area contributed by atoms with Crippen LogP contribution in [0.5, 0.6) is 0 Å². The van der Waals surface area contributed by atoms with Gasteiger partial charge in [0.2, 0.25) is 0 Å². The summed E-state index contributed by atoms with van der Waals surface area (Å²) in [7, 11) is 1.79. The van der Waals surface area contributed by atoms with Gasteiger partial charge in [0.1, 0.15) is 5.82 Å². The zero-order valence-corrected chi connectivity index (χ0v) is 11.0. The molecule has 0 aliphatic carbocycles. The fourth-order valence-corrected chi connectivity index (χ4v) is 2.09. The van der Waals surface area contributed by atoms with Gasteiger partial charge in [0, 0.05) is 18.8 Å². The van der Waals surface area contributed by atoms with Gasteiger partial charge < -0.3 is 10.0 Å². The van der Waals surface area contributed by atoms with Gasteiger partial charge in [-0.25, -0.2) is 4.39 Å². The summed E-state index contributed by atoms with van der Waals surface area (Å²) >= 11 is 0. The highest BCUT2D eigenvalue weighted by atomic mass is 19.1. The Bertz CT molecular complexity index is 543. The molecular formula is C15H17FN2O. The number of aromatic nitrogens is 1. The number of anilines is 1. The van der Waals surface area contributed by atoms with Crippen molar-refractivity contribution in [3.63, 3.8) is 0 Å². The van der Waals surface area contributed by atoms with Gasteiger partial charge in [-0.2, -0.15) is 0 Å². The van der Waals surface area contributed by atoms with Crippen LogP contribution in [0.15, 0.2) is 42.6 Å². The Morgan fingerprint density at radius 2 is 2.05 bits per heavy atom. The van der Waals surface area contributed by atoms with E-state index in [0.717, 1.165) is 5.69 Å². The first-order valence-corrected chi connectivity index (χ1v) is 6.17. The maximum Gasteiger partial charge on any atom is 0.146 e. The SMILES string of the molecule is CC(O)c1cccc(F)c1N(C)Cc1ccccn1. The minimum absolute atomic E-state index is 0.336. The summed E-state index contributed by atoms with van der Waals surface area (Å²) < 4.78 is 14.0. The van der Waals surface area contributed by atoms with Crippen LogP contribution < -0.4 is 4.90 Å². The molecule has 100 valence electrons. The molecule has 2 rings (SSSR count). The monoisotopic (exact) mass is 260 g/mol. The predicted octanol–water partition coefficient (Wildman–Crippen LogP) is 2.91. The molecule has 0 spiro atoms. The normalized spacial score (nSPS) is 12.2. The molecule has 0 saturated carbocycles. The van der Waals surface area contributed by atoms with Crippen molar-refractivity contribution < 1.29 is 9.50 Å². The summed E-state index contributed by atoms with van der Waals surface area (Å²) in [5, 5.41) is 9.74. The van der Waals surface area contributed by atoms with Crippen LogP contribution in [0.4, 0.5) is 10.1 Å². The first-order valence-electron chi connectivity index (χ1n) is 6.17. The third-order valence-electron chi connectivity index (χ3n) is 2.98. The second-order valence-electron chi connectivity index (χ2n) is 4.53. The van der Waals surface area contributed by atoms with Crippen molar-refractivity contribution in [3.8, 4) is 0 Å². The van der Waals surface area contributed by atoms with E-state index in [1.165, 1.54) is 6.07 Å². The van der Waals surface area contributed by atoms with Crippen LogP contribution in [0.1, 0.15) is 24.3 Å². The fourth-order valence-electron chi connectivity index (χ4n) is 2.09. The maximum absolute atomic E-state index is 14.0. The molecule has 0 radical (unpaired) electrons. The van der Waals surface area contributed by atoms with E-state index in [1.54, 1.807) is 37.2 Å². The van der Waals surface area contributed by atoms with Gasteiger partial charge in [-0.1, -0.05) is 18.2 Å². The number of aliphatic hydroxyl groups is 1. The first-order chi connectivity index (χ1) is 9.09. The van der Waals surface area contributed by atoms with Gasteiger partial charge in [0.25, 0.3) is 0 Å². The average molecular weight is 260 g/mol. The zero-order chi connectivity index (χ0) is 13.8. The number of para-hydroxylation sites is 1. The Hall–Kier alpha value is -1.94. The van der Waals surface area contributed by atoms with Crippen molar-refractivity contribution >= 4 is 5.69 Å². The lowest BCUT2D eigenvalue weighted by Gasteiger charge is -2.23. The van der Waals surface area contributed by atoms with Crippen LogP contribution in [0.25, 0.3) is 0 Å². The Morgan fingerprint density at radius 3 is 2.68 bits per heavy atom. The molecule has 1 aromatic heterocycles. The number of pyridine rings is 1. The van der Waals surface area contributed by atoms with E-state index >= 15 is 0 Å². The van der Waals surface area contributed by atoms with Crippen molar-refractivity contribution in [2.24, 2.45) is 0 Å². The molecule has 0 aliphatic rings. The highest BCUT2D eigenvalue weighted by Gasteiger charge is 2.16. The Kier molecular flexibility index (Phi) is 4.12. The summed E-state index contributed by atoms with van der Waals surface area (Å²) in [6, 6.07) is 10.4. The quantitative estimate of drug-likeness (QED) is 0.918. The molecule has 0 bridgehead atoms. The van der Waals surface area contributed by atoms with E-state index in [2.05, 4.69) is 4.98 Å². The molecule has 1 aromatic carbocycles. The second-order valence-corrected chi connectivity index (χ2v) is 4.53. The summed E-state index contributed by atoms with van der Waals surface area (Å²) in [5.41, 5.74) is 1.85. The fraction of sp³-hybridized carbons (Fsp3) is 0.267. The topological polar surface area (TPSA) is 36.4 Å². The molecule has 3 nitrogen and oxygen atoms in total. The molecule has 0 amide bonds. The van der Waals surface area contributed by atoms with Gasteiger partial charge in [-0.05, 0) is 25.1 Å². The lowest BCUT2D eigenvalue weighted by atomic mass is 10.1. The third-order valence-corrected chi connectivity index (χ3v) is 2.98. The van der Waals surface area contributed by atoms with E-state index in [9.17, 15) is 9.50 Å². The van der Waals surface area contributed by atoms with Gasteiger partial charge >= 0.3 is 0 Å². The van der Waals surface area contributed by atoms with E-state index in [4.69, 9.17) is 0 Å². The minimum atomic E-state index is -0.711. The molecular weight excluding hydrogens is 243 g/mol. The number of hydrogen-bond donors (Lipinski definition) is 1.